The fourth-order valence-corrected chi connectivity index (χ4v) is 2.46. The molecule has 3 aromatic rings. The molecule has 126 valence electrons. The van der Waals surface area contributed by atoms with Crippen LogP contribution in [0, 0.1) is 0 Å². The molecule has 0 unspecified atom stereocenters. The molecule has 0 amide bonds. The van der Waals surface area contributed by atoms with Crippen molar-refractivity contribution in [2.24, 2.45) is 10.9 Å². The number of hydrazone groups is 1. The van der Waals surface area contributed by atoms with Crippen LogP contribution in [0.15, 0.2) is 58.4 Å². The lowest BCUT2D eigenvalue weighted by Crippen LogP contribution is -2.22. The van der Waals surface area contributed by atoms with Crippen LogP contribution in [0.4, 0.5) is 5.69 Å². The van der Waals surface area contributed by atoms with Crippen LogP contribution in [-0.4, -0.2) is 20.9 Å². The molecule has 0 bridgehead atoms. The van der Waals surface area contributed by atoms with Crippen LogP contribution in [0.3, 0.4) is 0 Å². The Hall–Kier alpha value is -3.19. The molecule has 1 aromatic heterocycles. The third-order valence-corrected chi connectivity index (χ3v) is 3.90. The van der Waals surface area contributed by atoms with Gasteiger partial charge in [-0.1, -0.05) is 35.9 Å². The smallest absolute Gasteiger partial charge is 0.273 e. The van der Waals surface area contributed by atoms with Crippen LogP contribution < -0.4 is 17.1 Å². The van der Waals surface area contributed by atoms with Crippen LogP contribution in [0.5, 0.6) is 0 Å². The average molecular weight is 355 g/mol. The normalized spacial score (nSPS) is 11.5. The second-order valence-electron chi connectivity index (χ2n) is 5.30. The molecule has 0 aliphatic heterocycles. The first kappa shape index (κ1) is 16.7. The highest BCUT2D eigenvalue weighted by molar-refractivity contribution is 6.30. The Labute approximate surface area is 148 Å². The summed E-state index contributed by atoms with van der Waals surface area (Å²) in [6.07, 6.45) is 0.144. The highest BCUT2D eigenvalue weighted by atomic mass is 35.5. The van der Waals surface area contributed by atoms with Gasteiger partial charge in [-0.2, -0.15) is 5.10 Å². The highest BCUT2D eigenvalue weighted by Gasteiger charge is 2.13. The minimum Gasteiger partial charge on any atom is -0.398 e. The predicted molar refractivity (Wildman–Crippen MR) is 98.4 cm³/mol. The minimum atomic E-state index is -0.372. The molecule has 5 N–H and O–H groups in total. The van der Waals surface area contributed by atoms with Crippen molar-refractivity contribution < 1.29 is 0 Å². The standard InChI is InChI=1S/C17H15ClN6O/c18-11-7-5-10(6-8-11)14(22-20)9-15-17(25)21-16(24-23-15)12-3-1-2-4-13(12)19/h1-8H,9,19-20H2,(H,21,24,25)/b22-14-. The van der Waals surface area contributed by atoms with Crippen LogP contribution in [0.1, 0.15) is 11.3 Å². The van der Waals surface area contributed by atoms with E-state index in [9.17, 15) is 4.79 Å². The van der Waals surface area contributed by atoms with Crippen LogP contribution in [-0.2, 0) is 6.42 Å². The molecule has 8 heteroatoms. The molecule has 0 saturated heterocycles. The monoisotopic (exact) mass is 354 g/mol. The van der Waals surface area contributed by atoms with Crippen molar-refractivity contribution in [3.8, 4) is 11.4 Å². The van der Waals surface area contributed by atoms with Gasteiger partial charge in [0, 0.05) is 22.7 Å². The zero-order valence-corrected chi connectivity index (χ0v) is 13.9. The Kier molecular flexibility index (Phi) is 4.76. The second kappa shape index (κ2) is 7.14. The largest absolute Gasteiger partial charge is 0.398 e. The van der Waals surface area contributed by atoms with E-state index in [0.29, 0.717) is 27.8 Å². The number of H-pyrrole nitrogens is 1. The number of halogens is 1. The number of anilines is 1. The molecule has 0 aliphatic rings. The summed E-state index contributed by atoms with van der Waals surface area (Å²) in [4.78, 5) is 15.0. The number of aromatic amines is 1. The molecule has 0 radical (unpaired) electrons. The topological polar surface area (TPSA) is 123 Å². The molecule has 7 nitrogen and oxygen atoms in total. The van der Waals surface area contributed by atoms with Gasteiger partial charge in [0.05, 0.1) is 5.71 Å². The summed E-state index contributed by atoms with van der Waals surface area (Å²) in [5.41, 5.74) is 8.11. The lowest BCUT2D eigenvalue weighted by Gasteiger charge is -2.06. The Morgan fingerprint density at radius 1 is 1.12 bits per heavy atom. The number of hydrogen-bond acceptors (Lipinski definition) is 6. The molecule has 2 aromatic carbocycles. The first-order valence-electron chi connectivity index (χ1n) is 7.42. The van der Waals surface area contributed by atoms with Gasteiger partial charge in [0.15, 0.2) is 5.82 Å². The van der Waals surface area contributed by atoms with E-state index in [1.54, 1.807) is 48.5 Å². The summed E-state index contributed by atoms with van der Waals surface area (Å²) in [6.45, 7) is 0. The molecule has 0 saturated carbocycles. The SMILES string of the molecule is N/N=C(/Cc1nnc(-c2ccccc2N)[nH]c1=O)c1ccc(Cl)cc1. The van der Waals surface area contributed by atoms with Crippen molar-refractivity contribution in [1.82, 2.24) is 15.2 Å². The molecule has 1 heterocycles. The zero-order valence-electron chi connectivity index (χ0n) is 13.1. The number of benzene rings is 2. The lowest BCUT2D eigenvalue weighted by atomic mass is 10.1. The van der Waals surface area contributed by atoms with Crippen LogP contribution >= 0.6 is 11.6 Å². The zero-order chi connectivity index (χ0) is 17.8. The Bertz CT molecular complexity index is 981. The average Bonchev–Trinajstić information content (AvgIpc) is 2.62. The third kappa shape index (κ3) is 3.67. The Morgan fingerprint density at radius 3 is 2.48 bits per heavy atom. The first-order valence-corrected chi connectivity index (χ1v) is 7.79. The van der Waals surface area contributed by atoms with Gasteiger partial charge in [-0.15, -0.1) is 10.2 Å². The van der Waals surface area contributed by atoms with Crippen LogP contribution in [0.2, 0.25) is 5.02 Å². The summed E-state index contributed by atoms with van der Waals surface area (Å²) < 4.78 is 0. The minimum absolute atomic E-state index is 0.144. The molecule has 0 atom stereocenters. The molecule has 3 rings (SSSR count). The number of para-hydroxylation sites is 1. The van der Waals surface area contributed by atoms with E-state index < -0.39 is 0 Å². The van der Waals surface area contributed by atoms with Gasteiger partial charge in [0.1, 0.15) is 5.69 Å². The summed E-state index contributed by atoms with van der Waals surface area (Å²) in [5.74, 6) is 5.77. The molecule has 0 fully saturated rings. The van der Waals surface area contributed by atoms with Crippen LogP contribution in [0.25, 0.3) is 11.4 Å². The maximum absolute atomic E-state index is 12.3. The van der Waals surface area contributed by atoms with E-state index in [-0.39, 0.29) is 17.7 Å². The van der Waals surface area contributed by atoms with Crippen molar-refractivity contribution in [1.29, 1.82) is 0 Å². The fraction of sp³-hybridized carbons (Fsp3) is 0.0588. The van der Waals surface area contributed by atoms with Gasteiger partial charge in [-0.25, -0.2) is 0 Å². The quantitative estimate of drug-likeness (QED) is 0.286. The van der Waals surface area contributed by atoms with Gasteiger partial charge < -0.3 is 16.6 Å². The van der Waals surface area contributed by atoms with E-state index in [4.69, 9.17) is 23.2 Å². The lowest BCUT2D eigenvalue weighted by molar-refractivity contribution is 0.889. The van der Waals surface area contributed by atoms with E-state index in [1.165, 1.54) is 0 Å². The van der Waals surface area contributed by atoms with Crippen molar-refractivity contribution in [3.63, 3.8) is 0 Å². The molecular weight excluding hydrogens is 340 g/mol. The molecule has 0 spiro atoms. The summed E-state index contributed by atoms with van der Waals surface area (Å²) in [5, 5.41) is 12.4. The van der Waals surface area contributed by atoms with E-state index in [2.05, 4.69) is 20.3 Å². The number of hydrogen-bond donors (Lipinski definition) is 3. The van der Waals surface area contributed by atoms with Gasteiger partial charge in [0.2, 0.25) is 0 Å². The molecule has 0 aliphatic carbocycles. The molecular formula is C17H15ClN6O. The number of nitrogens with two attached hydrogens (primary N) is 2. The van der Waals surface area contributed by atoms with Gasteiger partial charge in [-0.3, -0.25) is 4.79 Å². The summed E-state index contributed by atoms with van der Waals surface area (Å²) in [6, 6.07) is 14.1. The van der Waals surface area contributed by atoms with Crippen molar-refractivity contribution in [3.05, 3.63) is 75.2 Å². The van der Waals surface area contributed by atoms with Crippen molar-refractivity contribution in [2.75, 3.05) is 5.73 Å². The van der Waals surface area contributed by atoms with Crippen molar-refractivity contribution >= 4 is 23.0 Å². The summed E-state index contributed by atoms with van der Waals surface area (Å²) in [7, 11) is 0. The number of nitrogens with one attached hydrogen (secondary N) is 1. The Balaban J connectivity index is 1.90. The van der Waals surface area contributed by atoms with Gasteiger partial charge in [-0.05, 0) is 29.8 Å². The number of nitrogen functional groups attached to an aromatic ring is 1. The summed E-state index contributed by atoms with van der Waals surface area (Å²) >= 11 is 5.87. The first-order chi connectivity index (χ1) is 12.1. The van der Waals surface area contributed by atoms with E-state index in [1.807, 2.05) is 0 Å². The Morgan fingerprint density at radius 2 is 1.84 bits per heavy atom. The van der Waals surface area contributed by atoms with E-state index in [0.717, 1.165) is 5.56 Å². The fourth-order valence-electron chi connectivity index (χ4n) is 2.33. The van der Waals surface area contributed by atoms with Gasteiger partial charge in [0.25, 0.3) is 5.56 Å². The van der Waals surface area contributed by atoms with Crippen molar-refractivity contribution in [2.45, 2.75) is 6.42 Å². The maximum atomic E-state index is 12.3. The number of nitrogens with zero attached hydrogens (tertiary/aromatic N) is 3. The maximum Gasteiger partial charge on any atom is 0.273 e. The second-order valence-corrected chi connectivity index (χ2v) is 5.73. The molecule has 25 heavy (non-hydrogen) atoms. The van der Waals surface area contributed by atoms with Gasteiger partial charge >= 0.3 is 0 Å². The third-order valence-electron chi connectivity index (χ3n) is 3.65. The number of rotatable bonds is 4. The number of aromatic nitrogens is 3. The van der Waals surface area contributed by atoms with E-state index >= 15 is 0 Å². The predicted octanol–water partition coefficient (Wildman–Crippen LogP) is 1.97. The highest BCUT2D eigenvalue weighted by Crippen LogP contribution is 2.20.